The maximum Gasteiger partial charge on any atom is 0.130 e. The highest BCUT2D eigenvalue weighted by molar-refractivity contribution is 5.63. The summed E-state index contributed by atoms with van der Waals surface area (Å²) in [6.45, 7) is 0.762. The van der Waals surface area contributed by atoms with E-state index in [2.05, 4.69) is 17.4 Å². The van der Waals surface area contributed by atoms with Crippen molar-refractivity contribution in [3.8, 4) is 12.1 Å². The highest BCUT2D eigenvalue weighted by Crippen LogP contribution is 2.13. The number of nitrogens with zero attached hydrogens (tertiary/aromatic N) is 2. The standard InChI is InChI=1S/C17H13N3/c18-11-16(12-19)10-14-6-8-17(9-7-14)20-13-15-4-2-1-3-5-15/h1-10,20H,13H2. The van der Waals surface area contributed by atoms with E-state index in [1.165, 1.54) is 5.56 Å². The van der Waals surface area contributed by atoms with Crippen LogP contribution in [-0.2, 0) is 6.54 Å². The van der Waals surface area contributed by atoms with E-state index < -0.39 is 0 Å². The van der Waals surface area contributed by atoms with Crippen molar-refractivity contribution in [1.82, 2.24) is 0 Å². The zero-order valence-electron chi connectivity index (χ0n) is 10.9. The molecule has 0 atom stereocenters. The summed E-state index contributed by atoms with van der Waals surface area (Å²) < 4.78 is 0. The number of rotatable bonds is 4. The van der Waals surface area contributed by atoms with Crippen molar-refractivity contribution in [2.45, 2.75) is 6.54 Å². The first-order chi connectivity index (χ1) is 9.81. The average Bonchev–Trinajstić information content (AvgIpc) is 2.53. The molecule has 96 valence electrons. The van der Waals surface area contributed by atoms with Gasteiger partial charge in [0.2, 0.25) is 0 Å². The molecular formula is C17H13N3. The molecule has 0 saturated carbocycles. The third-order valence-corrected chi connectivity index (χ3v) is 2.80. The van der Waals surface area contributed by atoms with Gasteiger partial charge in [-0.05, 0) is 29.3 Å². The molecule has 0 bridgehead atoms. The monoisotopic (exact) mass is 259 g/mol. The topological polar surface area (TPSA) is 59.6 Å². The third kappa shape index (κ3) is 3.73. The fourth-order valence-electron chi connectivity index (χ4n) is 1.75. The van der Waals surface area contributed by atoms with E-state index in [-0.39, 0.29) is 5.57 Å². The number of nitriles is 2. The first kappa shape index (κ1) is 13.4. The first-order valence-corrected chi connectivity index (χ1v) is 6.21. The van der Waals surface area contributed by atoms with Gasteiger partial charge in [0.1, 0.15) is 17.7 Å². The lowest BCUT2D eigenvalue weighted by atomic mass is 10.1. The van der Waals surface area contributed by atoms with Crippen LogP contribution in [-0.4, -0.2) is 0 Å². The molecule has 0 unspecified atom stereocenters. The summed E-state index contributed by atoms with van der Waals surface area (Å²) in [5.74, 6) is 0. The molecule has 0 radical (unpaired) electrons. The summed E-state index contributed by atoms with van der Waals surface area (Å²) in [7, 11) is 0. The van der Waals surface area contributed by atoms with Crippen LogP contribution >= 0.6 is 0 Å². The van der Waals surface area contributed by atoms with Crippen molar-refractivity contribution in [3.63, 3.8) is 0 Å². The van der Waals surface area contributed by atoms with Gasteiger partial charge in [0.05, 0.1) is 0 Å². The van der Waals surface area contributed by atoms with Crippen LogP contribution in [0.1, 0.15) is 11.1 Å². The molecule has 0 aliphatic carbocycles. The van der Waals surface area contributed by atoms with E-state index in [0.717, 1.165) is 17.8 Å². The van der Waals surface area contributed by atoms with Gasteiger partial charge in [-0.1, -0.05) is 42.5 Å². The molecule has 2 rings (SSSR count). The van der Waals surface area contributed by atoms with Gasteiger partial charge in [0.25, 0.3) is 0 Å². The lowest BCUT2D eigenvalue weighted by Crippen LogP contribution is -1.98. The van der Waals surface area contributed by atoms with Gasteiger partial charge in [-0.3, -0.25) is 0 Å². The van der Waals surface area contributed by atoms with E-state index in [0.29, 0.717) is 0 Å². The van der Waals surface area contributed by atoms with Crippen molar-refractivity contribution in [1.29, 1.82) is 10.5 Å². The molecule has 2 aromatic carbocycles. The maximum absolute atomic E-state index is 8.70. The van der Waals surface area contributed by atoms with Crippen LogP contribution in [0.25, 0.3) is 6.08 Å². The Bertz CT molecular complexity index is 655. The molecule has 1 N–H and O–H groups in total. The second kappa shape index (κ2) is 6.78. The zero-order chi connectivity index (χ0) is 14.2. The number of anilines is 1. The Morgan fingerprint density at radius 3 is 2.20 bits per heavy atom. The molecule has 0 aromatic heterocycles. The van der Waals surface area contributed by atoms with Gasteiger partial charge in [-0.2, -0.15) is 10.5 Å². The summed E-state index contributed by atoms with van der Waals surface area (Å²) in [5.41, 5.74) is 3.16. The van der Waals surface area contributed by atoms with Crippen molar-refractivity contribution in [3.05, 3.63) is 71.3 Å². The predicted molar refractivity (Wildman–Crippen MR) is 79.4 cm³/mol. The van der Waals surface area contributed by atoms with Gasteiger partial charge >= 0.3 is 0 Å². The van der Waals surface area contributed by atoms with E-state index in [1.807, 2.05) is 54.6 Å². The van der Waals surface area contributed by atoms with Crippen molar-refractivity contribution in [2.75, 3.05) is 5.32 Å². The lowest BCUT2D eigenvalue weighted by Gasteiger charge is -2.06. The van der Waals surface area contributed by atoms with Crippen molar-refractivity contribution in [2.24, 2.45) is 0 Å². The van der Waals surface area contributed by atoms with Gasteiger partial charge in [-0.25, -0.2) is 0 Å². The van der Waals surface area contributed by atoms with E-state index in [4.69, 9.17) is 10.5 Å². The summed E-state index contributed by atoms with van der Waals surface area (Å²) >= 11 is 0. The fraction of sp³-hybridized carbons (Fsp3) is 0.0588. The quantitative estimate of drug-likeness (QED) is 0.851. The highest BCUT2D eigenvalue weighted by atomic mass is 14.9. The Morgan fingerprint density at radius 1 is 0.950 bits per heavy atom. The lowest BCUT2D eigenvalue weighted by molar-refractivity contribution is 1.15. The Hall–Kier alpha value is -3.04. The smallest absolute Gasteiger partial charge is 0.130 e. The number of hydrogen-bond donors (Lipinski definition) is 1. The van der Waals surface area contributed by atoms with E-state index in [1.54, 1.807) is 6.08 Å². The summed E-state index contributed by atoms with van der Waals surface area (Å²) in [6.07, 6.45) is 1.57. The number of benzene rings is 2. The molecule has 0 spiro atoms. The Labute approximate surface area is 118 Å². The molecule has 3 heteroatoms. The number of hydrogen-bond acceptors (Lipinski definition) is 3. The summed E-state index contributed by atoms with van der Waals surface area (Å²) in [5, 5.41) is 20.7. The Morgan fingerprint density at radius 2 is 1.60 bits per heavy atom. The van der Waals surface area contributed by atoms with Crippen LogP contribution in [0.2, 0.25) is 0 Å². The molecule has 0 aliphatic rings. The number of allylic oxidation sites excluding steroid dienone is 1. The normalized spacial score (nSPS) is 9.10. The van der Waals surface area contributed by atoms with Crippen LogP contribution in [0.4, 0.5) is 5.69 Å². The van der Waals surface area contributed by atoms with Crippen LogP contribution in [0.15, 0.2) is 60.2 Å². The minimum absolute atomic E-state index is 0.106. The SMILES string of the molecule is N#CC(C#N)=Cc1ccc(NCc2ccccc2)cc1. The summed E-state index contributed by atoms with van der Waals surface area (Å²) in [6, 6.07) is 21.5. The highest BCUT2D eigenvalue weighted by Gasteiger charge is 1.96. The molecule has 2 aromatic rings. The molecular weight excluding hydrogens is 246 g/mol. The van der Waals surface area contributed by atoms with Crippen LogP contribution in [0, 0.1) is 22.7 Å². The van der Waals surface area contributed by atoms with Crippen LogP contribution in [0.3, 0.4) is 0 Å². The fourth-order valence-corrected chi connectivity index (χ4v) is 1.75. The molecule has 0 saturated heterocycles. The average molecular weight is 259 g/mol. The van der Waals surface area contributed by atoms with Crippen molar-refractivity contribution >= 4 is 11.8 Å². The Balaban J connectivity index is 2.01. The molecule has 0 fully saturated rings. The minimum Gasteiger partial charge on any atom is -0.381 e. The summed E-state index contributed by atoms with van der Waals surface area (Å²) in [4.78, 5) is 0. The second-order valence-electron chi connectivity index (χ2n) is 4.24. The first-order valence-electron chi connectivity index (χ1n) is 6.21. The van der Waals surface area contributed by atoms with E-state index >= 15 is 0 Å². The molecule has 0 aliphatic heterocycles. The number of nitrogens with one attached hydrogen (secondary N) is 1. The van der Waals surface area contributed by atoms with Crippen molar-refractivity contribution < 1.29 is 0 Å². The maximum atomic E-state index is 8.70. The largest absolute Gasteiger partial charge is 0.381 e. The van der Waals surface area contributed by atoms with Crippen LogP contribution in [0.5, 0.6) is 0 Å². The Kier molecular flexibility index (Phi) is 4.54. The zero-order valence-corrected chi connectivity index (χ0v) is 10.9. The molecule has 0 heterocycles. The van der Waals surface area contributed by atoms with Crippen LogP contribution < -0.4 is 5.32 Å². The predicted octanol–water partition coefficient (Wildman–Crippen LogP) is 3.73. The molecule has 20 heavy (non-hydrogen) atoms. The van der Waals surface area contributed by atoms with Gasteiger partial charge in [-0.15, -0.1) is 0 Å². The second-order valence-corrected chi connectivity index (χ2v) is 4.24. The van der Waals surface area contributed by atoms with Gasteiger partial charge in [0.15, 0.2) is 0 Å². The minimum atomic E-state index is 0.106. The molecule has 0 amide bonds. The van der Waals surface area contributed by atoms with E-state index in [9.17, 15) is 0 Å². The van der Waals surface area contributed by atoms with Gasteiger partial charge in [0, 0.05) is 12.2 Å². The third-order valence-electron chi connectivity index (χ3n) is 2.80. The molecule has 3 nitrogen and oxygen atoms in total. The van der Waals surface area contributed by atoms with Gasteiger partial charge < -0.3 is 5.32 Å².